The van der Waals surface area contributed by atoms with Gasteiger partial charge in [0, 0.05) is 11.3 Å². The second-order valence-electron chi connectivity index (χ2n) is 3.81. The molecule has 2 aromatic carbocycles. The van der Waals surface area contributed by atoms with Crippen LogP contribution in [-0.2, 0) is 6.54 Å². The van der Waals surface area contributed by atoms with E-state index in [1.165, 1.54) is 0 Å². The molecule has 0 spiro atoms. The molecule has 2 nitrogen and oxygen atoms in total. The molecule has 1 heterocycles. The number of hydrogen-bond donors (Lipinski definition) is 0. The van der Waals surface area contributed by atoms with Crippen molar-refractivity contribution in [1.29, 1.82) is 0 Å². The van der Waals surface area contributed by atoms with Crippen LogP contribution in [0.5, 0.6) is 0 Å². The molecule has 1 aliphatic rings. The van der Waals surface area contributed by atoms with E-state index in [1.54, 1.807) is 17.0 Å². The lowest BCUT2D eigenvalue weighted by atomic mass is 10.1. The van der Waals surface area contributed by atoms with Crippen LogP contribution in [0.2, 0.25) is 0 Å². The van der Waals surface area contributed by atoms with Crippen molar-refractivity contribution in [2.45, 2.75) is 6.54 Å². The quantitative estimate of drug-likeness (QED) is 0.708. The van der Waals surface area contributed by atoms with Crippen molar-refractivity contribution in [2.24, 2.45) is 0 Å². The largest absolute Gasteiger partial charge is 0.304 e. The number of fused-ring (bicyclic) bond motifs is 1. The smallest absolute Gasteiger partial charge is 0.258 e. The Bertz CT molecular complexity index is 577. The second kappa shape index (κ2) is 3.49. The summed E-state index contributed by atoms with van der Waals surface area (Å²) >= 11 is 0. The highest BCUT2D eigenvalue weighted by Crippen LogP contribution is 2.27. The number of nitrogens with zero attached hydrogens (tertiary/aromatic N) is 1. The molecule has 78 valence electrons. The zero-order chi connectivity index (χ0) is 11.8. The highest BCUT2D eigenvalue weighted by Gasteiger charge is 2.27. The van der Waals surface area contributed by atoms with E-state index in [1.807, 2.05) is 36.4 Å². The molecule has 0 N–H and O–H groups in total. The van der Waals surface area contributed by atoms with Gasteiger partial charge in [-0.2, -0.15) is 0 Å². The molecule has 0 saturated carbocycles. The second-order valence-corrected chi connectivity index (χ2v) is 3.81. The maximum atomic E-state index is 12.2. The van der Waals surface area contributed by atoms with Crippen LogP contribution in [-0.4, -0.2) is 5.91 Å². The summed E-state index contributed by atoms with van der Waals surface area (Å²) < 4.78 is 7.44. The van der Waals surface area contributed by atoms with Crippen molar-refractivity contribution < 1.29 is 6.17 Å². The van der Waals surface area contributed by atoms with Crippen LogP contribution in [0.3, 0.4) is 0 Å². The Labute approximate surface area is 95.5 Å². The molecule has 0 fully saturated rings. The van der Waals surface area contributed by atoms with Gasteiger partial charge in [0.2, 0.25) is 0 Å². The molecule has 0 saturated heterocycles. The van der Waals surface area contributed by atoms with Gasteiger partial charge in [-0.05, 0) is 23.8 Å². The lowest BCUT2D eigenvalue weighted by Gasteiger charge is -2.15. The zero-order valence-corrected chi connectivity index (χ0v) is 8.68. The first kappa shape index (κ1) is 8.11. The molecule has 0 aromatic heterocycles. The highest BCUT2D eigenvalue weighted by atomic mass is 16.2. The van der Waals surface area contributed by atoms with Gasteiger partial charge in [-0.3, -0.25) is 4.79 Å². The molecule has 0 bridgehead atoms. The van der Waals surface area contributed by atoms with Crippen molar-refractivity contribution in [2.75, 3.05) is 4.90 Å². The average Bonchev–Trinajstić information content (AvgIpc) is 2.69. The molecule has 2 heteroatoms. The SMILES string of the molecule is [2H]c1ccc(N2Cc3ccccc3C2=O)cc1. The van der Waals surface area contributed by atoms with E-state index in [4.69, 9.17) is 1.37 Å². The number of para-hydroxylation sites is 1. The summed E-state index contributed by atoms with van der Waals surface area (Å²) in [4.78, 5) is 13.9. The maximum Gasteiger partial charge on any atom is 0.258 e. The fraction of sp³-hybridized carbons (Fsp3) is 0.0714. The summed E-state index contributed by atoms with van der Waals surface area (Å²) in [5.74, 6) is 0.0401. The minimum atomic E-state index is 0.0401. The Kier molecular flexibility index (Phi) is 1.77. The number of rotatable bonds is 1. The summed E-state index contributed by atoms with van der Waals surface area (Å²) in [6, 6.07) is 15.1. The van der Waals surface area contributed by atoms with Gasteiger partial charge in [0.15, 0.2) is 0 Å². The van der Waals surface area contributed by atoms with Crippen LogP contribution < -0.4 is 4.90 Å². The molecule has 0 atom stereocenters. The molecular formula is C14H11NO. The molecule has 0 aliphatic carbocycles. The van der Waals surface area contributed by atoms with E-state index in [0.717, 1.165) is 16.8 Å². The summed E-state index contributed by atoms with van der Waals surface area (Å²) in [6.07, 6.45) is 0. The Morgan fingerprint density at radius 3 is 2.56 bits per heavy atom. The standard InChI is InChI=1S/C14H11NO/c16-14-13-9-5-4-6-11(13)10-15(14)12-7-2-1-3-8-12/h1-9H,10H2/i1D. The number of carbonyl (C=O) groups is 1. The fourth-order valence-corrected chi connectivity index (χ4v) is 2.02. The Hall–Kier alpha value is -2.09. The van der Waals surface area contributed by atoms with Crippen molar-refractivity contribution >= 4 is 11.6 Å². The van der Waals surface area contributed by atoms with Gasteiger partial charge >= 0.3 is 0 Å². The van der Waals surface area contributed by atoms with Crippen molar-refractivity contribution in [1.82, 2.24) is 0 Å². The first-order valence-electron chi connectivity index (χ1n) is 5.72. The molecule has 0 unspecified atom stereocenters. The minimum absolute atomic E-state index is 0.0401. The Morgan fingerprint density at radius 2 is 1.81 bits per heavy atom. The van der Waals surface area contributed by atoms with Crippen LogP contribution in [0.25, 0.3) is 0 Å². The van der Waals surface area contributed by atoms with E-state index in [0.29, 0.717) is 12.6 Å². The van der Waals surface area contributed by atoms with Gasteiger partial charge in [-0.25, -0.2) is 0 Å². The maximum absolute atomic E-state index is 12.2. The normalized spacial score (nSPS) is 14.9. The van der Waals surface area contributed by atoms with Crippen LogP contribution in [0.15, 0.2) is 54.6 Å². The summed E-state index contributed by atoms with van der Waals surface area (Å²) in [5, 5.41) is 0. The molecule has 3 rings (SSSR count). The zero-order valence-electron chi connectivity index (χ0n) is 9.68. The summed E-state index contributed by atoms with van der Waals surface area (Å²) in [7, 11) is 0. The third-order valence-corrected chi connectivity index (χ3v) is 2.83. The first-order chi connectivity index (χ1) is 8.25. The van der Waals surface area contributed by atoms with E-state index < -0.39 is 0 Å². The molecule has 1 aliphatic heterocycles. The Balaban J connectivity index is 1.99. The predicted octanol–water partition coefficient (Wildman–Crippen LogP) is 2.85. The molecule has 2 aromatic rings. The lowest BCUT2D eigenvalue weighted by Crippen LogP contribution is -2.22. The number of anilines is 1. The van der Waals surface area contributed by atoms with Crippen LogP contribution >= 0.6 is 0 Å². The molecular weight excluding hydrogens is 198 g/mol. The van der Waals surface area contributed by atoms with Crippen molar-refractivity contribution in [3.8, 4) is 0 Å². The minimum Gasteiger partial charge on any atom is -0.304 e. The van der Waals surface area contributed by atoms with E-state index in [9.17, 15) is 4.79 Å². The summed E-state index contributed by atoms with van der Waals surface area (Å²) in [6.45, 7) is 0.617. The number of amides is 1. The van der Waals surface area contributed by atoms with Gasteiger partial charge in [0.1, 0.15) is 0 Å². The first-order valence-corrected chi connectivity index (χ1v) is 5.22. The molecule has 0 radical (unpaired) electrons. The Morgan fingerprint density at radius 1 is 1.06 bits per heavy atom. The van der Waals surface area contributed by atoms with E-state index >= 15 is 0 Å². The molecule has 16 heavy (non-hydrogen) atoms. The number of carbonyl (C=O) groups excluding carboxylic acids is 1. The lowest BCUT2D eigenvalue weighted by molar-refractivity contribution is 0.0996. The van der Waals surface area contributed by atoms with Gasteiger partial charge in [-0.1, -0.05) is 36.4 Å². The van der Waals surface area contributed by atoms with Crippen LogP contribution in [0.1, 0.15) is 17.3 Å². The predicted molar refractivity (Wildman–Crippen MR) is 63.4 cm³/mol. The van der Waals surface area contributed by atoms with Gasteiger partial charge in [0.05, 0.1) is 7.92 Å². The van der Waals surface area contributed by atoms with Gasteiger partial charge in [-0.15, -0.1) is 0 Å². The van der Waals surface area contributed by atoms with Gasteiger partial charge < -0.3 is 4.90 Å². The van der Waals surface area contributed by atoms with Crippen molar-refractivity contribution in [3.63, 3.8) is 0 Å². The number of hydrogen-bond acceptors (Lipinski definition) is 1. The third-order valence-electron chi connectivity index (χ3n) is 2.83. The average molecular weight is 210 g/mol. The highest BCUT2D eigenvalue weighted by molar-refractivity contribution is 6.09. The van der Waals surface area contributed by atoms with Crippen LogP contribution in [0.4, 0.5) is 5.69 Å². The van der Waals surface area contributed by atoms with Crippen LogP contribution in [0, 0.1) is 0 Å². The topological polar surface area (TPSA) is 20.3 Å². The number of benzene rings is 2. The third kappa shape index (κ3) is 1.31. The monoisotopic (exact) mass is 210 g/mol. The fourth-order valence-electron chi connectivity index (χ4n) is 2.02. The van der Waals surface area contributed by atoms with E-state index in [2.05, 4.69) is 0 Å². The van der Waals surface area contributed by atoms with E-state index in [-0.39, 0.29) is 5.91 Å². The van der Waals surface area contributed by atoms with Gasteiger partial charge in [0.25, 0.3) is 5.91 Å². The summed E-state index contributed by atoms with van der Waals surface area (Å²) in [5.41, 5.74) is 2.69. The van der Waals surface area contributed by atoms with Crippen molar-refractivity contribution in [3.05, 3.63) is 65.7 Å². The molecule has 1 amide bonds.